The molecule has 126 valence electrons. The Morgan fingerprint density at radius 2 is 1.50 bits per heavy atom. The first-order chi connectivity index (χ1) is 12.6. The molecule has 0 aliphatic heterocycles. The lowest BCUT2D eigenvalue weighted by atomic mass is 10.0. The largest absolute Gasteiger partial charge is 0.422 e. The molecule has 2 nitrogen and oxygen atoms in total. The zero-order valence-corrected chi connectivity index (χ0v) is 14.5. The fourth-order valence-electron chi connectivity index (χ4n) is 3.22. The van der Waals surface area contributed by atoms with E-state index < -0.39 is 5.97 Å². The van der Waals surface area contributed by atoms with Crippen molar-refractivity contribution >= 4 is 33.1 Å². The zero-order chi connectivity index (χ0) is 18.1. The van der Waals surface area contributed by atoms with Crippen molar-refractivity contribution < 1.29 is 9.53 Å². The normalized spacial score (nSPS) is 10.8. The summed E-state index contributed by atoms with van der Waals surface area (Å²) in [5.41, 5.74) is 2.21. The molecular formula is C24H18O2. The summed E-state index contributed by atoms with van der Waals surface area (Å²) >= 11 is 0. The zero-order valence-electron chi connectivity index (χ0n) is 14.5. The third kappa shape index (κ3) is 2.86. The second kappa shape index (κ2) is 6.49. The first-order valence-corrected chi connectivity index (χ1v) is 8.52. The Morgan fingerprint density at radius 3 is 2.27 bits per heavy atom. The monoisotopic (exact) mass is 338 g/mol. The summed E-state index contributed by atoms with van der Waals surface area (Å²) in [6.45, 7) is 5.92. The number of esters is 1. The van der Waals surface area contributed by atoms with Crippen LogP contribution in [0.1, 0.15) is 11.1 Å². The predicted molar refractivity (Wildman–Crippen MR) is 107 cm³/mol. The highest BCUT2D eigenvalue weighted by molar-refractivity contribution is 6.18. The van der Waals surface area contributed by atoms with E-state index in [1.807, 2.05) is 79.7 Å². The number of ether oxygens (including phenoxy) is 1. The van der Waals surface area contributed by atoms with Gasteiger partial charge in [0.15, 0.2) is 0 Å². The third-order valence-corrected chi connectivity index (χ3v) is 4.55. The molecule has 4 aromatic carbocycles. The molecule has 4 rings (SSSR count). The molecule has 0 bridgehead atoms. The highest BCUT2D eigenvalue weighted by atomic mass is 16.5. The van der Waals surface area contributed by atoms with Gasteiger partial charge in [-0.2, -0.15) is 0 Å². The Hall–Kier alpha value is -3.39. The van der Waals surface area contributed by atoms with Gasteiger partial charge in [0.2, 0.25) is 0 Å². The van der Waals surface area contributed by atoms with Crippen molar-refractivity contribution in [2.24, 2.45) is 0 Å². The van der Waals surface area contributed by atoms with Gasteiger partial charge in [-0.25, -0.2) is 4.79 Å². The van der Waals surface area contributed by atoms with Crippen LogP contribution in [0.3, 0.4) is 0 Å². The van der Waals surface area contributed by atoms with Gasteiger partial charge in [0.05, 0.1) is 5.57 Å². The summed E-state index contributed by atoms with van der Waals surface area (Å²) in [6.07, 6.45) is 0. The third-order valence-electron chi connectivity index (χ3n) is 4.55. The van der Waals surface area contributed by atoms with Crippen LogP contribution in [0.15, 0.2) is 85.4 Å². The van der Waals surface area contributed by atoms with Crippen LogP contribution in [0.4, 0.5) is 0 Å². The van der Waals surface area contributed by atoms with Gasteiger partial charge in [-0.15, -0.1) is 0 Å². The average Bonchev–Trinajstić information content (AvgIpc) is 2.67. The Kier molecular flexibility index (Phi) is 4.02. The number of carbonyl (C=O) groups excluding carboxylic acids is 1. The van der Waals surface area contributed by atoms with E-state index in [0.717, 1.165) is 32.7 Å². The molecule has 2 heteroatoms. The quantitative estimate of drug-likeness (QED) is 0.201. The maximum Gasteiger partial charge on any atom is 0.343 e. The van der Waals surface area contributed by atoms with Crippen LogP contribution in [0.5, 0.6) is 5.75 Å². The Labute approximate surface area is 152 Å². The fraction of sp³-hybridized carbons (Fsp3) is 0.0417. The van der Waals surface area contributed by atoms with Gasteiger partial charge in [-0.05, 0) is 34.7 Å². The van der Waals surface area contributed by atoms with E-state index in [0.29, 0.717) is 11.3 Å². The first-order valence-electron chi connectivity index (χ1n) is 8.52. The van der Waals surface area contributed by atoms with Crippen LogP contribution in [0, 0.1) is 6.92 Å². The fourth-order valence-corrected chi connectivity index (χ4v) is 3.22. The summed E-state index contributed by atoms with van der Waals surface area (Å²) in [5, 5.41) is 4.15. The molecule has 0 heterocycles. The number of benzene rings is 4. The van der Waals surface area contributed by atoms with E-state index in [2.05, 4.69) is 12.6 Å². The van der Waals surface area contributed by atoms with Gasteiger partial charge >= 0.3 is 5.97 Å². The molecule has 0 spiro atoms. The second-order valence-corrected chi connectivity index (χ2v) is 6.38. The van der Waals surface area contributed by atoms with Crippen LogP contribution in [-0.4, -0.2) is 5.97 Å². The van der Waals surface area contributed by atoms with Gasteiger partial charge in [-0.3, -0.25) is 0 Å². The molecule has 0 unspecified atom stereocenters. The number of fused-ring (bicyclic) bond motifs is 3. The first kappa shape index (κ1) is 16.1. The van der Waals surface area contributed by atoms with Gasteiger partial charge < -0.3 is 4.74 Å². The Balaban J connectivity index is 1.76. The maximum atomic E-state index is 12.7. The summed E-state index contributed by atoms with van der Waals surface area (Å²) in [6, 6.07) is 25.7. The summed E-state index contributed by atoms with van der Waals surface area (Å²) < 4.78 is 5.75. The lowest BCUT2D eigenvalue weighted by Crippen LogP contribution is -2.10. The van der Waals surface area contributed by atoms with E-state index in [4.69, 9.17) is 4.74 Å². The minimum Gasteiger partial charge on any atom is -0.422 e. The Bertz CT molecular complexity index is 1160. The highest BCUT2D eigenvalue weighted by Gasteiger charge is 2.15. The smallest absolute Gasteiger partial charge is 0.343 e. The van der Waals surface area contributed by atoms with Crippen LogP contribution in [0.25, 0.3) is 27.1 Å². The molecule has 0 aliphatic carbocycles. The molecule has 0 fully saturated rings. The minimum atomic E-state index is -0.434. The molecular weight excluding hydrogens is 320 g/mol. The van der Waals surface area contributed by atoms with Crippen molar-refractivity contribution in [3.8, 4) is 5.75 Å². The molecule has 0 aliphatic rings. The number of aryl methyl sites for hydroxylation is 1. The van der Waals surface area contributed by atoms with E-state index in [9.17, 15) is 4.79 Å². The highest BCUT2D eigenvalue weighted by Crippen LogP contribution is 2.34. The van der Waals surface area contributed by atoms with Crippen LogP contribution in [0.2, 0.25) is 0 Å². The van der Waals surface area contributed by atoms with Crippen molar-refractivity contribution in [2.75, 3.05) is 0 Å². The topological polar surface area (TPSA) is 26.3 Å². The number of hydrogen-bond acceptors (Lipinski definition) is 2. The van der Waals surface area contributed by atoms with Gasteiger partial charge in [0.25, 0.3) is 0 Å². The Morgan fingerprint density at radius 1 is 0.808 bits per heavy atom. The van der Waals surface area contributed by atoms with Gasteiger partial charge in [-0.1, -0.05) is 84.9 Å². The molecule has 0 N–H and O–H groups in total. The lowest BCUT2D eigenvalue weighted by Gasteiger charge is -2.12. The van der Waals surface area contributed by atoms with E-state index >= 15 is 0 Å². The number of carbonyl (C=O) groups is 1. The van der Waals surface area contributed by atoms with E-state index in [1.54, 1.807) is 0 Å². The van der Waals surface area contributed by atoms with Gasteiger partial charge in [0, 0.05) is 5.39 Å². The molecule has 4 aromatic rings. The lowest BCUT2D eigenvalue weighted by molar-refractivity contribution is -0.127. The number of rotatable bonds is 3. The molecule has 0 aromatic heterocycles. The summed E-state index contributed by atoms with van der Waals surface area (Å²) in [5.74, 6) is 0.120. The van der Waals surface area contributed by atoms with Crippen molar-refractivity contribution in [1.29, 1.82) is 0 Å². The predicted octanol–water partition coefficient (Wildman–Crippen LogP) is 5.92. The molecule has 0 saturated carbocycles. The van der Waals surface area contributed by atoms with Crippen molar-refractivity contribution in [1.82, 2.24) is 0 Å². The molecule has 26 heavy (non-hydrogen) atoms. The standard InChI is InChI=1S/C24H18O2/c1-16-8-7-10-18(14-16)17(2)24(25)26-23-15-19-9-3-4-11-20(19)21-12-5-6-13-22(21)23/h3-15H,2H2,1H3. The summed E-state index contributed by atoms with van der Waals surface area (Å²) in [4.78, 5) is 12.7. The van der Waals surface area contributed by atoms with Crippen molar-refractivity contribution in [2.45, 2.75) is 6.92 Å². The van der Waals surface area contributed by atoms with Crippen LogP contribution < -0.4 is 4.74 Å². The average molecular weight is 338 g/mol. The van der Waals surface area contributed by atoms with Crippen LogP contribution in [-0.2, 0) is 4.79 Å². The SMILES string of the molecule is C=C(C(=O)Oc1cc2ccccc2c2ccccc12)c1cccc(C)c1. The van der Waals surface area contributed by atoms with Gasteiger partial charge in [0.1, 0.15) is 5.75 Å². The van der Waals surface area contributed by atoms with Crippen molar-refractivity contribution in [3.63, 3.8) is 0 Å². The maximum absolute atomic E-state index is 12.7. The molecule has 0 amide bonds. The molecule has 0 radical (unpaired) electrons. The molecule has 0 atom stereocenters. The van der Waals surface area contributed by atoms with E-state index in [1.165, 1.54) is 0 Å². The van der Waals surface area contributed by atoms with Crippen molar-refractivity contribution in [3.05, 3.63) is 96.6 Å². The number of hydrogen-bond donors (Lipinski definition) is 0. The summed E-state index contributed by atoms with van der Waals surface area (Å²) in [7, 11) is 0. The minimum absolute atomic E-state index is 0.353. The van der Waals surface area contributed by atoms with Crippen LogP contribution >= 0.6 is 0 Å². The molecule has 0 saturated heterocycles. The second-order valence-electron chi connectivity index (χ2n) is 6.38. The van der Waals surface area contributed by atoms with E-state index in [-0.39, 0.29) is 0 Å².